The number of carbonyl (C=O) groups excluding carboxylic acids is 1. The fourth-order valence-electron chi connectivity index (χ4n) is 2.44. The summed E-state index contributed by atoms with van der Waals surface area (Å²) in [6, 6.07) is 0. The molecule has 3 nitrogen and oxygen atoms in total. The fourth-order valence-corrected chi connectivity index (χ4v) is 2.44. The lowest BCUT2D eigenvalue weighted by atomic mass is 9.72. The summed E-state index contributed by atoms with van der Waals surface area (Å²) in [5, 5.41) is 0. The first kappa shape index (κ1) is 8.05. The number of hydrogen-bond acceptors (Lipinski definition) is 2. The van der Waals surface area contributed by atoms with Crippen molar-refractivity contribution in [2.45, 2.75) is 12.8 Å². The van der Waals surface area contributed by atoms with Gasteiger partial charge in [-0.3, -0.25) is 4.79 Å². The monoisotopic (exact) mass is 168 g/mol. The maximum atomic E-state index is 11.4. The van der Waals surface area contributed by atoms with E-state index in [2.05, 4.69) is 11.9 Å². The Morgan fingerprint density at radius 2 is 2.00 bits per heavy atom. The van der Waals surface area contributed by atoms with Crippen molar-refractivity contribution in [1.82, 2.24) is 9.80 Å². The minimum atomic E-state index is 0.328. The molecule has 1 amide bonds. The topological polar surface area (TPSA) is 23.6 Å². The van der Waals surface area contributed by atoms with Crippen LogP contribution in [0.25, 0.3) is 0 Å². The van der Waals surface area contributed by atoms with Gasteiger partial charge in [0.25, 0.3) is 0 Å². The highest BCUT2D eigenvalue weighted by atomic mass is 16.2. The molecular weight excluding hydrogens is 152 g/mol. The summed E-state index contributed by atoms with van der Waals surface area (Å²) in [6.45, 7) is 3.19. The smallest absolute Gasteiger partial charge is 0.222 e. The van der Waals surface area contributed by atoms with Crippen LogP contribution < -0.4 is 0 Å². The standard InChI is InChI=1S/C9H16N2O/c1-10-6-9(7-10)3-4-11(2)8(12)5-9/h3-7H2,1-2H3. The van der Waals surface area contributed by atoms with Crippen LogP contribution in [0.1, 0.15) is 12.8 Å². The van der Waals surface area contributed by atoms with Gasteiger partial charge < -0.3 is 9.80 Å². The highest BCUT2D eigenvalue weighted by molar-refractivity contribution is 5.77. The van der Waals surface area contributed by atoms with Crippen LogP contribution in [0.5, 0.6) is 0 Å². The van der Waals surface area contributed by atoms with Crippen LogP contribution in [0, 0.1) is 5.41 Å². The molecule has 0 aromatic rings. The largest absolute Gasteiger partial charge is 0.346 e. The molecular formula is C9H16N2O. The number of hydrogen-bond donors (Lipinski definition) is 0. The molecule has 0 aromatic carbocycles. The van der Waals surface area contributed by atoms with Crippen molar-refractivity contribution in [3.63, 3.8) is 0 Å². The summed E-state index contributed by atoms with van der Waals surface area (Å²) >= 11 is 0. The second kappa shape index (κ2) is 2.46. The molecule has 2 rings (SSSR count). The maximum absolute atomic E-state index is 11.4. The Hall–Kier alpha value is -0.570. The summed E-state index contributed by atoms with van der Waals surface area (Å²) in [7, 11) is 4.02. The van der Waals surface area contributed by atoms with Crippen molar-refractivity contribution in [3.05, 3.63) is 0 Å². The molecule has 0 aliphatic carbocycles. The lowest BCUT2D eigenvalue weighted by Crippen LogP contribution is -2.59. The molecule has 2 saturated heterocycles. The van der Waals surface area contributed by atoms with Gasteiger partial charge in [-0.15, -0.1) is 0 Å². The Balaban J connectivity index is 1.99. The van der Waals surface area contributed by atoms with E-state index >= 15 is 0 Å². The zero-order valence-corrected chi connectivity index (χ0v) is 7.84. The average molecular weight is 168 g/mol. The van der Waals surface area contributed by atoms with E-state index in [0.717, 1.165) is 26.1 Å². The summed E-state index contributed by atoms with van der Waals surface area (Å²) in [4.78, 5) is 15.6. The lowest BCUT2D eigenvalue weighted by Gasteiger charge is -2.51. The highest BCUT2D eigenvalue weighted by Crippen LogP contribution is 2.39. The third kappa shape index (κ3) is 1.12. The quantitative estimate of drug-likeness (QED) is 0.515. The first-order valence-electron chi connectivity index (χ1n) is 4.54. The minimum absolute atomic E-state index is 0.328. The third-order valence-electron chi connectivity index (χ3n) is 3.14. The van der Waals surface area contributed by atoms with Crippen LogP contribution in [-0.4, -0.2) is 49.4 Å². The molecule has 0 bridgehead atoms. The highest BCUT2D eigenvalue weighted by Gasteiger charge is 2.45. The molecule has 12 heavy (non-hydrogen) atoms. The van der Waals surface area contributed by atoms with Crippen molar-refractivity contribution in [2.75, 3.05) is 33.7 Å². The van der Waals surface area contributed by atoms with E-state index in [-0.39, 0.29) is 0 Å². The van der Waals surface area contributed by atoms with Crippen LogP contribution in [-0.2, 0) is 4.79 Å². The molecule has 0 unspecified atom stereocenters. The van der Waals surface area contributed by atoms with Gasteiger partial charge in [0, 0.05) is 38.5 Å². The average Bonchev–Trinajstić information content (AvgIpc) is 1.95. The predicted molar refractivity (Wildman–Crippen MR) is 46.8 cm³/mol. The Bertz CT molecular complexity index is 209. The zero-order valence-electron chi connectivity index (χ0n) is 7.84. The molecule has 2 aliphatic heterocycles. The van der Waals surface area contributed by atoms with E-state index < -0.39 is 0 Å². The lowest BCUT2D eigenvalue weighted by molar-refractivity contribution is -0.142. The van der Waals surface area contributed by atoms with Gasteiger partial charge in [0.15, 0.2) is 0 Å². The van der Waals surface area contributed by atoms with Gasteiger partial charge in [0.2, 0.25) is 5.91 Å². The molecule has 68 valence electrons. The van der Waals surface area contributed by atoms with Crippen LogP contribution in [0.15, 0.2) is 0 Å². The second-order valence-corrected chi connectivity index (χ2v) is 4.41. The summed E-state index contributed by atoms with van der Waals surface area (Å²) in [6.07, 6.45) is 1.97. The SMILES string of the molecule is CN1CC2(CCN(C)C(=O)C2)C1. The molecule has 1 spiro atoms. The number of nitrogens with zero attached hydrogens (tertiary/aromatic N) is 2. The van der Waals surface area contributed by atoms with Gasteiger partial charge in [-0.05, 0) is 13.5 Å². The molecule has 0 aromatic heterocycles. The van der Waals surface area contributed by atoms with E-state index in [9.17, 15) is 4.79 Å². The van der Waals surface area contributed by atoms with E-state index in [1.54, 1.807) is 0 Å². The van der Waals surface area contributed by atoms with Crippen molar-refractivity contribution < 1.29 is 4.79 Å². The Morgan fingerprint density at radius 3 is 2.50 bits per heavy atom. The molecule has 0 saturated carbocycles. The van der Waals surface area contributed by atoms with Gasteiger partial charge in [-0.1, -0.05) is 0 Å². The normalized spacial score (nSPS) is 29.2. The van der Waals surface area contributed by atoms with Crippen LogP contribution in [0.3, 0.4) is 0 Å². The molecule has 0 radical (unpaired) electrons. The van der Waals surface area contributed by atoms with Gasteiger partial charge in [-0.25, -0.2) is 0 Å². The number of piperidine rings is 1. The van der Waals surface area contributed by atoms with Crippen LogP contribution in [0.4, 0.5) is 0 Å². The van der Waals surface area contributed by atoms with Crippen molar-refractivity contribution in [1.29, 1.82) is 0 Å². The van der Waals surface area contributed by atoms with Crippen molar-refractivity contribution >= 4 is 5.91 Å². The summed E-state index contributed by atoms with van der Waals surface area (Å²) < 4.78 is 0. The van der Waals surface area contributed by atoms with Gasteiger partial charge in [0.1, 0.15) is 0 Å². The minimum Gasteiger partial charge on any atom is -0.346 e. The zero-order chi connectivity index (χ0) is 8.77. The first-order chi connectivity index (χ1) is 5.61. The van der Waals surface area contributed by atoms with Crippen LogP contribution in [0.2, 0.25) is 0 Å². The third-order valence-corrected chi connectivity index (χ3v) is 3.14. The number of amides is 1. The molecule has 0 N–H and O–H groups in total. The summed E-state index contributed by atoms with van der Waals surface area (Å²) in [5.74, 6) is 0.328. The molecule has 2 aliphatic rings. The Kier molecular flexibility index (Phi) is 1.65. The van der Waals surface area contributed by atoms with Gasteiger partial charge in [-0.2, -0.15) is 0 Å². The fraction of sp³-hybridized carbons (Fsp3) is 0.889. The van der Waals surface area contributed by atoms with Gasteiger partial charge in [0.05, 0.1) is 0 Å². The molecule has 2 heterocycles. The first-order valence-corrected chi connectivity index (χ1v) is 4.54. The molecule has 3 heteroatoms. The van der Waals surface area contributed by atoms with E-state index in [4.69, 9.17) is 0 Å². The molecule has 2 fully saturated rings. The Labute approximate surface area is 73.3 Å². The van der Waals surface area contributed by atoms with E-state index in [1.807, 2.05) is 11.9 Å². The number of likely N-dealkylation sites (tertiary alicyclic amines) is 2. The van der Waals surface area contributed by atoms with E-state index in [0.29, 0.717) is 11.3 Å². The number of carbonyl (C=O) groups is 1. The van der Waals surface area contributed by atoms with Crippen molar-refractivity contribution in [3.8, 4) is 0 Å². The molecule has 0 atom stereocenters. The maximum Gasteiger partial charge on any atom is 0.222 e. The number of rotatable bonds is 0. The second-order valence-electron chi connectivity index (χ2n) is 4.41. The Morgan fingerprint density at radius 1 is 1.33 bits per heavy atom. The van der Waals surface area contributed by atoms with Gasteiger partial charge >= 0.3 is 0 Å². The van der Waals surface area contributed by atoms with Crippen molar-refractivity contribution in [2.24, 2.45) is 5.41 Å². The van der Waals surface area contributed by atoms with Crippen LogP contribution >= 0.6 is 0 Å². The van der Waals surface area contributed by atoms with E-state index in [1.165, 1.54) is 6.42 Å². The summed E-state index contributed by atoms with van der Waals surface area (Å²) in [5.41, 5.74) is 0.359. The predicted octanol–water partition coefficient (Wildman–Crippen LogP) is 0.170.